The molecule has 2 aliphatic heterocycles. The first kappa shape index (κ1) is 22.7. The lowest BCUT2D eigenvalue weighted by Crippen LogP contribution is -2.48. The normalized spacial score (nSPS) is 16.0. The number of piperazine rings is 1. The van der Waals surface area contributed by atoms with E-state index in [-0.39, 0.29) is 5.91 Å². The van der Waals surface area contributed by atoms with Crippen molar-refractivity contribution in [1.29, 1.82) is 0 Å². The van der Waals surface area contributed by atoms with E-state index >= 15 is 0 Å². The first-order valence-electron chi connectivity index (χ1n) is 11.7. The average Bonchev–Trinajstić information content (AvgIpc) is 3.13. The third-order valence-electron chi connectivity index (χ3n) is 6.40. The number of nitrogens with zero attached hydrogens (tertiary/aromatic N) is 4. The number of fused-ring (bicyclic) bond motifs is 1. The maximum absolute atomic E-state index is 13.3. The Balaban J connectivity index is 1.21. The lowest BCUT2D eigenvalue weighted by Gasteiger charge is -2.35. The highest BCUT2D eigenvalue weighted by molar-refractivity contribution is 6.33. The Morgan fingerprint density at radius 1 is 0.912 bits per heavy atom. The van der Waals surface area contributed by atoms with E-state index in [1.807, 2.05) is 17.9 Å². The molecule has 0 N–H and O–H groups in total. The molecule has 0 bridgehead atoms. The smallest absolute Gasteiger partial charge is 0.258 e. The minimum absolute atomic E-state index is 0.0448. The van der Waals surface area contributed by atoms with Crippen LogP contribution in [0.3, 0.4) is 0 Å². The van der Waals surface area contributed by atoms with Crippen LogP contribution < -0.4 is 9.47 Å². The molecule has 1 fully saturated rings. The summed E-state index contributed by atoms with van der Waals surface area (Å²) in [7, 11) is 0. The molecule has 3 heterocycles. The van der Waals surface area contributed by atoms with Gasteiger partial charge in [0.15, 0.2) is 11.5 Å². The second kappa shape index (κ2) is 9.68. The lowest BCUT2D eigenvalue weighted by molar-refractivity contribution is 0.0627. The van der Waals surface area contributed by atoms with Crippen molar-refractivity contribution in [3.63, 3.8) is 0 Å². The van der Waals surface area contributed by atoms with Gasteiger partial charge in [-0.1, -0.05) is 47.5 Å². The number of carbonyl (C=O) groups excluding carboxylic acids is 1. The molecule has 3 aromatic rings. The zero-order chi connectivity index (χ0) is 23.7. The van der Waals surface area contributed by atoms with Crippen LogP contribution in [-0.2, 0) is 13.1 Å². The molecule has 34 heavy (non-hydrogen) atoms. The largest absolute Gasteiger partial charge is 0.486 e. The summed E-state index contributed by atoms with van der Waals surface area (Å²) >= 11 is 6.64. The molecule has 1 saturated heterocycles. The van der Waals surface area contributed by atoms with Gasteiger partial charge in [-0.2, -0.15) is 5.10 Å². The van der Waals surface area contributed by atoms with Crippen LogP contribution >= 0.6 is 11.6 Å². The van der Waals surface area contributed by atoms with Gasteiger partial charge in [0.05, 0.1) is 17.8 Å². The Bertz CT molecular complexity index is 1180. The molecule has 178 valence electrons. The van der Waals surface area contributed by atoms with Gasteiger partial charge in [-0.3, -0.25) is 9.69 Å². The third kappa shape index (κ3) is 4.76. The number of hydrogen-bond donors (Lipinski definition) is 0. The Morgan fingerprint density at radius 3 is 2.32 bits per heavy atom. The number of benzene rings is 2. The van der Waals surface area contributed by atoms with E-state index in [1.165, 1.54) is 11.1 Å². The first-order valence-corrected chi connectivity index (χ1v) is 12.0. The topological polar surface area (TPSA) is 59.8 Å². The SMILES string of the molecule is Cc1ccc(Cn2nc(C)c(C(=O)N3CCN(Cc4ccc5c(c4)OCCO5)CC3)c2Cl)cc1. The maximum atomic E-state index is 13.3. The van der Waals surface area contributed by atoms with E-state index in [4.69, 9.17) is 21.1 Å². The van der Waals surface area contributed by atoms with Gasteiger partial charge in [0.2, 0.25) is 0 Å². The van der Waals surface area contributed by atoms with Gasteiger partial charge in [-0.25, -0.2) is 4.68 Å². The molecule has 0 atom stereocenters. The van der Waals surface area contributed by atoms with Crippen LogP contribution in [0.2, 0.25) is 5.15 Å². The number of rotatable bonds is 5. The summed E-state index contributed by atoms with van der Waals surface area (Å²) in [5.41, 5.74) is 4.66. The molecule has 1 aromatic heterocycles. The molecule has 0 saturated carbocycles. The van der Waals surface area contributed by atoms with E-state index in [1.54, 1.807) is 4.68 Å². The van der Waals surface area contributed by atoms with Crippen molar-refractivity contribution in [2.24, 2.45) is 0 Å². The monoisotopic (exact) mass is 480 g/mol. The van der Waals surface area contributed by atoms with E-state index in [0.717, 1.165) is 36.7 Å². The van der Waals surface area contributed by atoms with E-state index < -0.39 is 0 Å². The number of amides is 1. The molecule has 0 unspecified atom stereocenters. The highest BCUT2D eigenvalue weighted by atomic mass is 35.5. The van der Waals surface area contributed by atoms with Crippen LogP contribution in [0.25, 0.3) is 0 Å². The number of ether oxygens (including phenoxy) is 2. The van der Waals surface area contributed by atoms with Gasteiger partial charge in [-0.05, 0) is 37.1 Å². The number of aromatic nitrogens is 2. The molecule has 8 heteroatoms. The molecule has 0 radical (unpaired) electrons. The van der Waals surface area contributed by atoms with Gasteiger partial charge in [0, 0.05) is 32.7 Å². The van der Waals surface area contributed by atoms with Crippen molar-refractivity contribution in [1.82, 2.24) is 19.6 Å². The molecule has 2 aliphatic rings. The van der Waals surface area contributed by atoms with Crippen molar-refractivity contribution in [2.45, 2.75) is 26.9 Å². The minimum Gasteiger partial charge on any atom is -0.486 e. The predicted octanol–water partition coefficient (Wildman–Crippen LogP) is 3.93. The van der Waals surface area contributed by atoms with Crippen LogP contribution in [0.5, 0.6) is 11.5 Å². The Hall–Kier alpha value is -3.03. The van der Waals surface area contributed by atoms with Crippen LogP contribution in [-0.4, -0.2) is 64.9 Å². The number of halogens is 1. The molecule has 0 spiro atoms. The summed E-state index contributed by atoms with van der Waals surface area (Å²) < 4.78 is 13.0. The van der Waals surface area contributed by atoms with Gasteiger partial charge >= 0.3 is 0 Å². The number of carbonyl (C=O) groups is 1. The summed E-state index contributed by atoms with van der Waals surface area (Å²) in [6.07, 6.45) is 0. The zero-order valence-corrected chi connectivity index (χ0v) is 20.3. The van der Waals surface area contributed by atoms with Gasteiger partial charge < -0.3 is 14.4 Å². The van der Waals surface area contributed by atoms with Gasteiger partial charge in [-0.15, -0.1) is 0 Å². The third-order valence-corrected chi connectivity index (χ3v) is 6.79. The van der Waals surface area contributed by atoms with Gasteiger partial charge in [0.1, 0.15) is 18.4 Å². The number of aryl methyl sites for hydroxylation is 2. The summed E-state index contributed by atoms with van der Waals surface area (Å²) in [5.74, 6) is 1.57. The minimum atomic E-state index is -0.0448. The van der Waals surface area contributed by atoms with Crippen LogP contribution in [0.15, 0.2) is 42.5 Å². The molecule has 2 aromatic carbocycles. The molecule has 1 amide bonds. The zero-order valence-electron chi connectivity index (χ0n) is 19.6. The molecule has 0 aliphatic carbocycles. The summed E-state index contributed by atoms with van der Waals surface area (Å²) in [6.45, 7) is 9.35. The molecule has 5 rings (SSSR count). The second-order valence-corrected chi connectivity index (χ2v) is 9.30. The lowest BCUT2D eigenvalue weighted by atomic mass is 10.1. The first-order chi connectivity index (χ1) is 16.5. The quantitative estimate of drug-likeness (QED) is 0.553. The van der Waals surface area contributed by atoms with Gasteiger partial charge in [0.25, 0.3) is 5.91 Å². The summed E-state index contributed by atoms with van der Waals surface area (Å²) in [5, 5.41) is 4.96. The highest BCUT2D eigenvalue weighted by Gasteiger charge is 2.28. The summed E-state index contributed by atoms with van der Waals surface area (Å²) in [6, 6.07) is 14.4. The van der Waals surface area contributed by atoms with E-state index in [2.05, 4.69) is 53.3 Å². The van der Waals surface area contributed by atoms with Crippen molar-refractivity contribution >= 4 is 17.5 Å². The van der Waals surface area contributed by atoms with Crippen LogP contribution in [0.4, 0.5) is 0 Å². The Kier molecular flexibility index (Phi) is 6.48. The fraction of sp³-hybridized carbons (Fsp3) is 0.385. The summed E-state index contributed by atoms with van der Waals surface area (Å²) in [4.78, 5) is 17.5. The van der Waals surface area contributed by atoms with Crippen molar-refractivity contribution in [3.8, 4) is 11.5 Å². The van der Waals surface area contributed by atoms with Crippen molar-refractivity contribution in [2.75, 3.05) is 39.4 Å². The maximum Gasteiger partial charge on any atom is 0.258 e. The van der Waals surface area contributed by atoms with Crippen molar-refractivity contribution < 1.29 is 14.3 Å². The molecular formula is C26H29ClN4O3. The fourth-order valence-corrected chi connectivity index (χ4v) is 4.79. The molecule has 7 nitrogen and oxygen atoms in total. The second-order valence-electron chi connectivity index (χ2n) is 8.94. The molecular weight excluding hydrogens is 452 g/mol. The Morgan fingerprint density at radius 2 is 1.59 bits per heavy atom. The van der Waals surface area contributed by atoms with E-state index in [0.29, 0.717) is 49.3 Å². The fourth-order valence-electron chi connectivity index (χ4n) is 4.48. The van der Waals surface area contributed by atoms with Crippen LogP contribution in [0.1, 0.15) is 32.7 Å². The average molecular weight is 481 g/mol. The number of hydrogen-bond acceptors (Lipinski definition) is 5. The standard InChI is InChI=1S/C26H29ClN4O3/c1-18-3-5-20(6-4-18)17-31-25(27)24(19(2)28-31)26(32)30-11-9-29(10-12-30)16-21-7-8-22-23(15-21)34-14-13-33-22/h3-8,15H,9-14,16-17H2,1-2H3. The Labute approximate surface area is 204 Å². The van der Waals surface area contributed by atoms with E-state index in [9.17, 15) is 4.79 Å². The predicted molar refractivity (Wildman–Crippen MR) is 131 cm³/mol. The van der Waals surface area contributed by atoms with Crippen molar-refractivity contribution in [3.05, 3.63) is 75.6 Å². The van der Waals surface area contributed by atoms with Crippen LogP contribution in [0, 0.1) is 13.8 Å². The highest BCUT2D eigenvalue weighted by Crippen LogP contribution is 2.31.